The summed E-state index contributed by atoms with van der Waals surface area (Å²) in [4.78, 5) is 34.4. The van der Waals surface area contributed by atoms with Crippen molar-refractivity contribution < 1.29 is 22.8 Å². The summed E-state index contributed by atoms with van der Waals surface area (Å²) in [6, 6.07) is 9.34. The number of aromatic amines is 1. The fraction of sp³-hybridized carbons (Fsp3) is 0.333. The molecule has 1 fully saturated rings. The smallest absolute Gasteiger partial charge is 0.358 e. The number of carbonyl (C=O) groups excluding carboxylic acids is 2. The summed E-state index contributed by atoms with van der Waals surface area (Å²) in [5.74, 6) is 0.107. The van der Waals surface area contributed by atoms with Crippen LogP contribution in [0, 0.1) is 20.8 Å². The number of nitrogens with one attached hydrogen (secondary N) is 2. The van der Waals surface area contributed by atoms with Crippen LogP contribution in [0.1, 0.15) is 49.6 Å². The molecule has 3 aromatic rings. The molecule has 6 nitrogen and oxygen atoms in total. The van der Waals surface area contributed by atoms with Crippen LogP contribution in [0.4, 0.5) is 18.9 Å². The number of hydrogen-bond acceptors (Lipinski definition) is 4. The third kappa shape index (κ3) is 5.55. The fourth-order valence-corrected chi connectivity index (χ4v) is 6.11. The number of anilines is 1. The number of H-pyrrole nitrogens is 1. The molecule has 2 N–H and O–H groups in total. The van der Waals surface area contributed by atoms with Crippen molar-refractivity contribution in [1.29, 1.82) is 0 Å². The maximum Gasteiger partial charge on any atom is 0.416 e. The van der Waals surface area contributed by atoms with Gasteiger partial charge < -0.3 is 20.1 Å². The number of amides is 2. The zero-order valence-corrected chi connectivity index (χ0v) is 23.6. The average molecular weight is 569 g/mol. The van der Waals surface area contributed by atoms with E-state index in [0.29, 0.717) is 46.9 Å². The van der Waals surface area contributed by atoms with E-state index in [0.717, 1.165) is 46.4 Å². The lowest BCUT2D eigenvalue weighted by Crippen LogP contribution is -2.47. The monoisotopic (exact) mass is 568 g/mol. The van der Waals surface area contributed by atoms with Gasteiger partial charge in [0.05, 0.1) is 16.7 Å². The molecule has 210 valence electrons. The molecule has 2 amide bonds. The molecule has 0 aliphatic carbocycles. The highest BCUT2D eigenvalue weighted by atomic mass is 32.2. The summed E-state index contributed by atoms with van der Waals surface area (Å²) >= 11 is 1.42. The van der Waals surface area contributed by atoms with E-state index in [-0.39, 0.29) is 11.8 Å². The standard InChI is InChI=1S/C30H31F3N4O2S/c1-17-5-6-21(30(31,32)33)13-20(17)16-40-22-7-8-25-23(14-22)24(28(38)35-25)15-26-18(2)27(19(3)34-26)29(39)37-11-9-36(4)10-12-37/h5-8,13-15,34H,9-12,16H2,1-4H3,(H,35,38)/b24-15-. The maximum absolute atomic E-state index is 13.3. The van der Waals surface area contributed by atoms with Crippen LogP contribution in [0.5, 0.6) is 0 Å². The third-order valence-corrected chi connectivity index (χ3v) is 8.66. The highest BCUT2D eigenvalue weighted by Gasteiger charge is 2.31. The second-order valence-corrected chi connectivity index (χ2v) is 11.5. The minimum Gasteiger partial charge on any atom is -0.358 e. The maximum atomic E-state index is 13.3. The Hall–Kier alpha value is -3.50. The summed E-state index contributed by atoms with van der Waals surface area (Å²) in [5.41, 5.74) is 5.48. The number of carbonyl (C=O) groups is 2. The van der Waals surface area contributed by atoms with E-state index >= 15 is 0 Å². The molecule has 2 aliphatic rings. The van der Waals surface area contributed by atoms with Gasteiger partial charge in [0.25, 0.3) is 11.8 Å². The summed E-state index contributed by atoms with van der Waals surface area (Å²) < 4.78 is 39.6. The number of fused-ring (bicyclic) bond motifs is 1. The van der Waals surface area contributed by atoms with Gasteiger partial charge >= 0.3 is 6.18 Å². The predicted octanol–water partition coefficient (Wildman–Crippen LogP) is 6.13. The number of rotatable bonds is 5. The Morgan fingerprint density at radius 2 is 1.77 bits per heavy atom. The third-order valence-electron chi connectivity index (χ3n) is 7.61. The van der Waals surface area contributed by atoms with Crippen LogP contribution in [-0.4, -0.2) is 59.8 Å². The van der Waals surface area contributed by atoms with Crippen molar-refractivity contribution in [1.82, 2.24) is 14.8 Å². The number of hydrogen-bond donors (Lipinski definition) is 2. The van der Waals surface area contributed by atoms with E-state index in [9.17, 15) is 22.8 Å². The van der Waals surface area contributed by atoms with Crippen molar-refractivity contribution in [2.24, 2.45) is 0 Å². The Bertz CT molecular complexity index is 1520. The van der Waals surface area contributed by atoms with Crippen LogP contribution in [0.3, 0.4) is 0 Å². The van der Waals surface area contributed by atoms with Crippen LogP contribution in [0.15, 0.2) is 41.3 Å². The number of thioether (sulfide) groups is 1. The fourth-order valence-electron chi connectivity index (χ4n) is 5.12. The normalized spacial score (nSPS) is 16.9. The van der Waals surface area contributed by atoms with Crippen molar-refractivity contribution >= 4 is 40.9 Å². The van der Waals surface area contributed by atoms with E-state index < -0.39 is 11.7 Å². The molecule has 1 aromatic heterocycles. The van der Waals surface area contributed by atoms with Gasteiger partial charge in [0.2, 0.25) is 0 Å². The van der Waals surface area contributed by atoms with Crippen LogP contribution < -0.4 is 5.32 Å². The molecule has 0 unspecified atom stereocenters. The Kier molecular flexibility index (Phi) is 7.58. The highest BCUT2D eigenvalue weighted by molar-refractivity contribution is 7.98. The number of aromatic nitrogens is 1. The summed E-state index contributed by atoms with van der Waals surface area (Å²) in [5, 5.41) is 2.89. The van der Waals surface area contributed by atoms with Gasteiger partial charge in [-0.2, -0.15) is 13.2 Å². The quantitative estimate of drug-likeness (QED) is 0.287. The molecular weight excluding hydrogens is 537 g/mol. The largest absolute Gasteiger partial charge is 0.416 e. The van der Waals surface area contributed by atoms with Gasteiger partial charge in [0, 0.05) is 59.5 Å². The predicted molar refractivity (Wildman–Crippen MR) is 152 cm³/mol. The van der Waals surface area contributed by atoms with Crippen LogP contribution in [0.25, 0.3) is 11.6 Å². The van der Waals surface area contributed by atoms with Gasteiger partial charge in [-0.05, 0) is 80.9 Å². The number of likely N-dealkylation sites (N-methyl/N-ethyl adjacent to an activating group) is 1. The van der Waals surface area contributed by atoms with Crippen LogP contribution in [-0.2, 0) is 16.7 Å². The van der Waals surface area contributed by atoms with Crippen LogP contribution >= 0.6 is 11.8 Å². The molecule has 2 aliphatic heterocycles. The second-order valence-electron chi connectivity index (χ2n) is 10.4. The molecule has 10 heteroatoms. The van der Waals surface area contributed by atoms with Gasteiger partial charge in [-0.3, -0.25) is 9.59 Å². The zero-order valence-electron chi connectivity index (χ0n) is 22.8. The lowest BCUT2D eigenvalue weighted by Gasteiger charge is -2.32. The first-order chi connectivity index (χ1) is 18.9. The SMILES string of the molecule is Cc1ccc(C(F)(F)F)cc1CSc1ccc2c(c1)/C(=C/c1[nH]c(C)c(C(=O)N3CCN(C)CC3)c1C)C(=O)N2. The number of benzene rings is 2. The number of piperazine rings is 1. The number of halogens is 3. The van der Waals surface area contributed by atoms with Crippen molar-refractivity contribution in [3.63, 3.8) is 0 Å². The van der Waals surface area contributed by atoms with E-state index in [1.165, 1.54) is 23.9 Å². The molecule has 2 aromatic carbocycles. The molecule has 0 spiro atoms. The molecule has 0 radical (unpaired) electrons. The first-order valence-corrected chi connectivity index (χ1v) is 14.0. The lowest BCUT2D eigenvalue weighted by atomic mass is 10.0. The van der Waals surface area contributed by atoms with Crippen molar-refractivity contribution in [3.8, 4) is 0 Å². The minimum absolute atomic E-state index is 0.0103. The Labute approximate surface area is 235 Å². The zero-order chi connectivity index (χ0) is 28.8. The first kappa shape index (κ1) is 28.0. The van der Waals surface area contributed by atoms with Crippen molar-refractivity contribution in [2.45, 2.75) is 37.6 Å². The molecule has 0 atom stereocenters. The molecule has 1 saturated heterocycles. The Morgan fingerprint density at radius 1 is 1.05 bits per heavy atom. The summed E-state index contributed by atoms with van der Waals surface area (Å²) in [7, 11) is 2.04. The molecule has 0 bridgehead atoms. The van der Waals surface area contributed by atoms with E-state index in [1.54, 1.807) is 13.0 Å². The van der Waals surface area contributed by atoms with Crippen LogP contribution in [0.2, 0.25) is 0 Å². The minimum atomic E-state index is -4.39. The number of alkyl halides is 3. The molecule has 5 rings (SSSR count). The molecule has 3 heterocycles. The van der Waals surface area contributed by atoms with Crippen molar-refractivity contribution in [3.05, 3.63) is 81.2 Å². The van der Waals surface area contributed by atoms with Gasteiger partial charge in [0.1, 0.15) is 0 Å². The second kappa shape index (κ2) is 10.8. The van der Waals surface area contributed by atoms with Gasteiger partial charge in [-0.1, -0.05) is 6.07 Å². The molecular formula is C30H31F3N4O2S. The average Bonchev–Trinajstić information content (AvgIpc) is 3.36. The molecule has 40 heavy (non-hydrogen) atoms. The van der Waals surface area contributed by atoms with E-state index in [1.807, 2.05) is 44.0 Å². The first-order valence-electron chi connectivity index (χ1n) is 13.1. The van der Waals surface area contributed by atoms with Gasteiger partial charge in [0.15, 0.2) is 0 Å². The van der Waals surface area contributed by atoms with E-state index in [2.05, 4.69) is 15.2 Å². The Balaban J connectivity index is 1.39. The summed E-state index contributed by atoms with van der Waals surface area (Å²) in [6.07, 6.45) is -2.62. The Morgan fingerprint density at radius 3 is 2.48 bits per heavy atom. The number of aryl methyl sites for hydroxylation is 2. The van der Waals surface area contributed by atoms with Gasteiger partial charge in [-0.15, -0.1) is 11.8 Å². The van der Waals surface area contributed by atoms with Crippen molar-refractivity contribution in [2.75, 3.05) is 38.5 Å². The van der Waals surface area contributed by atoms with E-state index in [4.69, 9.17) is 0 Å². The summed E-state index contributed by atoms with van der Waals surface area (Å²) in [6.45, 7) is 8.55. The highest BCUT2D eigenvalue weighted by Crippen LogP contribution is 2.38. The van der Waals surface area contributed by atoms with Gasteiger partial charge in [-0.25, -0.2) is 0 Å². The topological polar surface area (TPSA) is 68.4 Å². The molecule has 0 saturated carbocycles. The number of nitrogens with zero attached hydrogens (tertiary/aromatic N) is 2. The lowest BCUT2D eigenvalue weighted by molar-refractivity contribution is -0.137.